The second-order valence-corrected chi connectivity index (χ2v) is 3.96. The van der Waals surface area contributed by atoms with E-state index >= 15 is 0 Å². The van der Waals surface area contributed by atoms with Crippen molar-refractivity contribution >= 4 is 5.82 Å². The predicted octanol–water partition coefficient (Wildman–Crippen LogP) is -0.514. The second-order valence-electron chi connectivity index (χ2n) is 3.96. The fourth-order valence-electron chi connectivity index (χ4n) is 1.93. The zero-order valence-corrected chi connectivity index (χ0v) is 9.18. The Morgan fingerprint density at radius 2 is 2.22 bits per heavy atom. The summed E-state index contributed by atoms with van der Waals surface area (Å²) in [6.45, 7) is -0.664. The zero-order chi connectivity index (χ0) is 13.4. The van der Waals surface area contributed by atoms with Gasteiger partial charge in [-0.05, 0) is 0 Å². The lowest BCUT2D eigenvalue weighted by Crippen LogP contribution is -2.28. The van der Waals surface area contributed by atoms with E-state index in [-0.39, 0.29) is 12.0 Å². The molecule has 0 spiro atoms. The second kappa shape index (κ2) is 4.46. The summed E-state index contributed by atoms with van der Waals surface area (Å²) in [5.41, 5.74) is 3.99. The lowest BCUT2D eigenvalue weighted by atomic mass is 10.2. The van der Waals surface area contributed by atoms with Crippen LogP contribution in [0, 0.1) is 5.82 Å². The van der Waals surface area contributed by atoms with Crippen LogP contribution in [0.3, 0.4) is 0 Å². The van der Waals surface area contributed by atoms with Gasteiger partial charge in [0.25, 0.3) is 0 Å². The summed E-state index contributed by atoms with van der Waals surface area (Å²) in [6.07, 6.45) is -0.623. The number of hydrogen-bond donors (Lipinski definition) is 3. The summed E-state index contributed by atoms with van der Waals surface area (Å²) in [6, 6.07) is -1.17. The Kier molecular flexibility index (Phi) is 3.14. The SMILES string of the molecule is Nc1nc(=O)n([C@H]2C[C@@H](O)C(CO)=C2F)cc1F. The molecule has 1 aliphatic carbocycles. The number of hydrogen-bond acceptors (Lipinski definition) is 5. The normalized spacial score (nSPS) is 23.8. The number of nitrogens with zero attached hydrogens (tertiary/aromatic N) is 2. The van der Waals surface area contributed by atoms with E-state index in [1.807, 2.05) is 0 Å². The molecule has 0 saturated carbocycles. The molecule has 1 aliphatic rings. The van der Waals surface area contributed by atoms with E-state index in [1.54, 1.807) is 0 Å². The molecule has 6 nitrogen and oxygen atoms in total. The molecule has 0 unspecified atom stereocenters. The number of nitrogens with two attached hydrogens (primary N) is 1. The van der Waals surface area contributed by atoms with E-state index in [1.165, 1.54) is 0 Å². The van der Waals surface area contributed by atoms with Crippen LogP contribution in [0.25, 0.3) is 0 Å². The zero-order valence-electron chi connectivity index (χ0n) is 9.18. The third-order valence-corrected chi connectivity index (χ3v) is 2.89. The molecule has 4 N–H and O–H groups in total. The molecule has 0 bridgehead atoms. The Morgan fingerprint density at radius 1 is 1.56 bits per heavy atom. The van der Waals surface area contributed by atoms with Crippen LogP contribution in [0.15, 0.2) is 22.4 Å². The minimum atomic E-state index is -1.20. The molecule has 0 saturated heterocycles. The molecular formula is C10H11F2N3O3. The molecule has 18 heavy (non-hydrogen) atoms. The number of aromatic nitrogens is 2. The molecule has 8 heteroatoms. The number of anilines is 1. The van der Waals surface area contributed by atoms with Crippen molar-refractivity contribution in [2.45, 2.75) is 18.6 Å². The summed E-state index contributed by atoms with van der Waals surface area (Å²) in [5.74, 6) is -2.37. The molecule has 0 aromatic carbocycles. The predicted molar refractivity (Wildman–Crippen MR) is 57.7 cm³/mol. The van der Waals surface area contributed by atoms with Crippen molar-refractivity contribution in [3.63, 3.8) is 0 Å². The van der Waals surface area contributed by atoms with Gasteiger partial charge in [0.2, 0.25) is 0 Å². The first kappa shape index (κ1) is 12.7. The molecule has 1 aromatic heterocycles. The highest BCUT2D eigenvalue weighted by Gasteiger charge is 2.34. The lowest BCUT2D eigenvalue weighted by Gasteiger charge is -2.13. The van der Waals surface area contributed by atoms with Gasteiger partial charge >= 0.3 is 5.69 Å². The maximum atomic E-state index is 13.8. The van der Waals surface area contributed by atoms with Gasteiger partial charge in [0.05, 0.1) is 18.8 Å². The standard InChI is InChI=1S/C10H11F2N3O3/c11-5-2-15(10(18)14-9(5)13)6-1-7(17)4(3-16)8(6)12/h2,6-7,16-17H,1,3H2,(H2,13,14,18)/t6-,7+/m0/s1. The summed E-state index contributed by atoms with van der Waals surface area (Å²) in [5, 5.41) is 18.4. The van der Waals surface area contributed by atoms with E-state index in [4.69, 9.17) is 10.8 Å². The fourth-order valence-corrected chi connectivity index (χ4v) is 1.93. The van der Waals surface area contributed by atoms with Crippen LogP contribution in [-0.4, -0.2) is 32.5 Å². The van der Waals surface area contributed by atoms with E-state index in [0.29, 0.717) is 4.57 Å². The van der Waals surface area contributed by atoms with Gasteiger partial charge in [0.15, 0.2) is 11.6 Å². The average molecular weight is 259 g/mol. The first-order valence-electron chi connectivity index (χ1n) is 5.17. The molecule has 2 rings (SSSR count). The summed E-state index contributed by atoms with van der Waals surface area (Å²) in [4.78, 5) is 14.7. The van der Waals surface area contributed by atoms with Crippen molar-refractivity contribution in [1.82, 2.24) is 9.55 Å². The van der Waals surface area contributed by atoms with Crippen LogP contribution in [-0.2, 0) is 0 Å². The van der Waals surface area contributed by atoms with Gasteiger partial charge < -0.3 is 15.9 Å². The average Bonchev–Trinajstić information content (AvgIpc) is 2.59. The highest BCUT2D eigenvalue weighted by Crippen LogP contribution is 2.35. The quantitative estimate of drug-likeness (QED) is 0.663. The minimum absolute atomic E-state index is 0.160. The topological polar surface area (TPSA) is 101 Å². The third kappa shape index (κ3) is 1.89. The van der Waals surface area contributed by atoms with Crippen LogP contribution in [0.2, 0.25) is 0 Å². The van der Waals surface area contributed by atoms with Crippen LogP contribution in [0.1, 0.15) is 12.5 Å². The largest absolute Gasteiger partial charge is 0.392 e. The van der Waals surface area contributed by atoms with E-state index in [9.17, 15) is 18.7 Å². The third-order valence-electron chi connectivity index (χ3n) is 2.89. The van der Waals surface area contributed by atoms with Crippen molar-refractivity contribution in [3.05, 3.63) is 33.9 Å². The van der Waals surface area contributed by atoms with Crippen molar-refractivity contribution in [3.8, 4) is 0 Å². The number of rotatable bonds is 2. The van der Waals surface area contributed by atoms with Crippen molar-refractivity contribution in [2.24, 2.45) is 0 Å². The van der Waals surface area contributed by atoms with Gasteiger partial charge in [0.1, 0.15) is 5.83 Å². The number of nitrogen functional groups attached to an aromatic ring is 1. The molecular weight excluding hydrogens is 248 g/mol. The summed E-state index contributed by atoms with van der Waals surface area (Å²) < 4.78 is 27.8. The van der Waals surface area contributed by atoms with Gasteiger partial charge in [-0.3, -0.25) is 4.57 Å². The van der Waals surface area contributed by atoms with Crippen LogP contribution < -0.4 is 11.4 Å². The Morgan fingerprint density at radius 3 is 2.78 bits per heavy atom. The van der Waals surface area contributed by atoms with Gasteiger partial charge in [-0.25, -0.2) is 13.6 Å². The van der Waals surface area contributed by atoms with Crippen molar-refractivity contribution < 1.29 is 19.0 Å². The lowest BCUT2D eigenvalue weighted by molar-refractivity contribution is 0.181. The molecule has 1 aromatic rings. The Hall–Kier alpha value is -1.80. The molecule has 0 radical (unpaired) electrons. The van der Waals surface area contributed by atoms with Crippen LogP contribution >= 0.6 is 0 Å². The number of aliphatic hydroxyl groups is 2. The smallest absolute Gasteiger partial charge is 0.350 e. The van der Waals surface area contributed by atoms with Crippen molar-refractivity contribution in [2.75, 3.05) is 12.3 Å². The van der Waals surface area contributed by atoms with Crippen LogP contribution in [0.5, 0.6) is 0 Å². The van der Waals surface area contributed by atoms with Crippen LogP contribution in [0.4, 0.5) is 14.6 Å². The minimum Gasteiger partial charge on any atom is -0.392 e. The number of allylic oxidation sites excluding steroid dienone is 1. The van der Waals surface area contributed by atoms with Crippen molar-refractivity contribution in [1.29, 1.82) is 0 Å². The summed E-state index contributed by atoms with van der Waals surface area (Å²) >= 11 is 0. The fraction of sp³-hybridized carbons (Fsp3) is 0.400. The molecule has 2 atom stereocenters. The van der Waals surface area contributed by atoms with Gasteiger partial charge in [-0.15, -0.1) is 0 Å². The Balaban J connectivity index is 2.49. The highest BCUT2D eigenvalue weighted by molar-refractivity contribution is 5.29. The number of halogens is 2. The van der Waals surface area contributed by atoms with E-state index < -0.39 is 41.9 Å². The molecule has 0 aliphatic heterocycles. The summed E-state index contributed by atoms with van der Waals surface area (Å²) in [7, 11) is 0. The van der Waals surface area contributed by atoms with Gasteiger partial charge in [-0.1, -0.05) is 0 Å². The first-order valence-corrected chi connectivity index (χ1v) is 5.17. The maximum absolute atomic E-state index is 13.8. The van der Waals surface area contributed by atoms with E-state index in [2.05, 4.69) is 4.98 Å². The molecule has 0 fully saturated rings. The van der Waals surface area contributed by atoms with Gasteiger partial charge in [-0.2, -0.15) is 4.98 Å². The molecule has 0 amide bonds. The number of aliphatic hydroxyl groups excluding tert-OH is 2. The first-order chi connectivity index (χ1) is 8.45. The maximum Gasteiger partial charge on any atom is 0.350 e. The highest BCUT2D eigenvalue weighted by atomic mass is 19.1. The Bertz CT molecular complexity index is 570. The Labute approximate surface area is 100.0 Å². The molecule has 1 heterocycles. The van der Waals surface area contributed by atoms with Gasteiger partial charge in [0, 0.05) is 18.2 Å². The monoisotopic (exact) mass is 259 g/mol. The van der Waals surface area contributed by atoms with E-state index in [0.717, 1.165) is 6.20 Å². The molecule has 98 valence electrons.